The minimum Gasteiger partial charge on any atom is -0.460 e. The van der Waals surface area contributed by atoms with Crippen LogP contribution in [0.4, 0.5) is 0 Å². The number of rotatable bonds is 4. The lowest BCUT2D eigenvalue weighted by atomic mass is 10.1. The van der Waals surface area contributed by atoms with E-state index >= 15 is 0 Å². The molecule has 158 valence electrons. The fraction of sp³-hybridized carbons (Fsp3) is 0.261. The quantitative estimate of drug-likeness (QED) is 0.545. The van der Waals surface area contributed by atoms with Gasteiger partial charge >= 0.3 is 0 Å². The summed E-state index contributed by atoms with van der Waals surface area (Å²) in [5.41, 5.74) is 2.38. The minimum atomic E-state index is -0.191. The normalized spacial score (nSPS) is 13.8. The second kappa shape index (κ2) is 7.46. The Morgan fingerprint density at radius 3 is 2.74 bits per heavy atom. The predicted octanol–water partition coefficient (Wildman–Crippen LogP) is 3.78. The lowest BCUT2D eigenvalue weighted by Gasteiger charge is -2.13. The Bertz CT molecular complexity index is 1310. The molecule has 3 aromatic heterocycles. The molecule has 8 nitrogen and oxygen atoms in total. The van der Waals surface area contributed by atoms with Gasteiger partial charge in [-0.1, -0.05) is 0 Å². The molecule has 1 aliphatic heterocycles. The first-order valence-electron chi connectivity index (χ1n) is 10.2. The van der Waals surface area contributed by atoms with Crippen molar-refractivity contribution in [2.45, 2.75) is 19.8 Å². The molecule has 4 heterocycles. The van der Waals surface area contributed by atoms with Gasteiger partial charge in [-0.25, -0.2) is 4.52 Å². The number of ether oxygens (including phenoxy) is 1. The molecule has 1 N–H and O–H groups in total. The van der Waals surface area contributed by atoms with E-state index in [1.165, 1.54) is 0 Å². The van der Waals surface area contributed by atoms with E-state index in [1.54, 1.807) is 49.1 Å². The molecule has 0 saturated carbocycles. The number of hydrogen-bond donors (Lipinski definition) is 1. The Hall–Kier alpha value is -3.81. The third-order valence-electron chi connectivity index (χ3n) is 5.63. The van der Waals surface area contributed by atoms with Crippen molar-refractivity contribution in [3.63, 3.8) is 0 Å². The van der Waals surface area contributed by atoms with Crippen LogP contribution < -0.4 is 10.1 Å². The highest BCUT2D eigenvalue weighted by atomic mass is 16.5. The van der Waals surface area contributed by atoms with Crippen LogP contribution in [0.5, 0.6) is 11.5 Å². The molecule has 0 radical (unpaired) electrons. The molecule has 1 aromatic carbocycles. The first kappa shape index (κ1) is 19.2. The average Bonchev–Trinajstić information content (AvgIpc) is 3.50. The van der Waals surface area contributed by atoms with Gasteiger partial charge in [-0.15, -0.1) is 0 Å². The molecule has 8 heteroatoms. The number of benzene rings is 1. The Labute approximate surface area is 178 Å². The van der Waals surface area contributed by atoms with Crippen LogP contribution in [0.25, 0.3) is 16.5 Å². The van der Waals surface area contributed by atoms with Crippen molar-refractivity contribution in [2.24, 2.45) is 0 Å². The zero-order valence-electron chi connectivity index (χ0n) is 17.3. The first-order chi connectivity index (χ1) is 15.0. The van der Waals surface area contributed by atoms with Crippen molar-refractivity contribution in [1.82, 2.24) is 19.8 Å². The Morgan fingerprint density at radius 2 is 1.97 bits per heavy atom. The zero-order valence-corrected chi connectivity index (χ0v) is 17.3. The van der Waals surface area contributed by atoms with Crippen molar-refractivity contribution in [2.75, 3.05) is 20.1 Å². The van der Waals surface area contributed by atoms with Crippen LogP contribution in [-0.4, -0.2) is 46.5 Å². The molecular weight excluding hydrogens is 396 g/mol. The summed E-state index contributed by atoms with van der Waals surface area (Å²) in [7, 11) is 1.59. The molecule has 4 aromatic rings. The van der Waals surface area contributed by atoms with E-state index in [9.17, 15) is 9.59 Å². The van der Waals surface area contributed by atoms with Crippen molar-refractivity contribution in [3.05, 3.63) is 59.6 Å². The summed E-state index contributed by atoms with van der Waals surface area (Å²) in [6, 6.07) is 8.92. The van der Waals surface area contributed by atoms with Crippen LogP contribution >= 0.6 is 0 Å². The highest BCUT2D eigenvalue weighted by Crippen LogP contribution is 2.32. The van der Waals surface area contributed by atoms with Crippen LogP contribution in [0.2, 0.25) is 0 Å². The van der Waals surface area contributed by atoms with Crippen LogP contribution in [0.1, 0.15) is 39.3 Å². The summed E-state index contributed by atoms with van der Waals surface area (Å²) < 4.78 is 13.5. The zero-order chi connectivity index (χ0) is 21.5. The molecule has 1 aliphatic rings. The molecule has 1 fully saturated rings. The van der Waals surface area contributed by atoms with E-state index in [4.69, 9.17) is 9.15 Å². The maximum Gasteiger partial charge on any atom is 0.255 e. The van der Waals surface area contributed by atoms with Crippen LogP contribution in [0, 0.1) is 6.92 Å². The maximum absolute atomic E-state index is 12.7. The van der Waals surface area contributed by atoms with Crippen molar-refractivity contribution in [1.29, 1.82) is 0 Å². The molecule has 5 rings (SSSR count). The lowest BCUT2D eigenvalue weighted by Crippen LogP contribution is -2.27. The average molecular weight is 418 g/mol. The number of hydrogen-bond acceptors (Lipinski definition) is 5. The van der Waals surface area contributed by atoms with Gasteiger partial charge in [0.2, 0.25) is 0 Å². The third kappa shape index (κ3) is 3.30. The summed E-state index contributed by atoms with van der Waals surface area (Å²) in [6.07, 6.45) is 5.45. The second-order valence-electron chi connectivity index (χ2n) is 7.63. The first-order valence-corrected chi connectivity index (χ1v) is 10.2. The molecule has 0 aliphatic carbocycles. The van der Waals surface area contributed by atoms with Gasteiger partial charge in [0.25, 0.3) is 11.8 Å². The number of nitrogens with zero attached hydrogens (tertiary/aromatic N) is 3. The number of aryl methyl sites for hydroxylation is 1. The van der Waals surface area contributed by atoms with Gasteiger partial charge in [0.15, 0.2) is 5.75 Å². The fourth-order valence-corrected chi connectivity index (χ4v) is 4.09. The number of carbonyl (C=O) groups is 2. The van der Waals surface area contributed by atoms with E-state index in [0.717, 1.165) is 31.3 Å². The van der Waals surface area contributed by atoms with Crippen LogP contribution in [-0.2, 0) is 0 Å². The Kier molecular flexibility index (Phi) is 4.62. The second-order valence-corrected chi connectivity index (χ2v) is 7.63. The van der Waals surface area contributed by atoms with Gasteiger partial charge in [-0.05, 0) is 38.0 Å². The summed E-state index contributed by atoms with van der Waals surface area (Å²) in [5.74, 6) is 1.51. The monoisotopic (exact) mass is 418 g/mol. The molecule has 2 amide bonds. The van der Waals surface area contributed by atoms with E-state index < -0.39 is 0 Å². The molecule has 0 spiro atoms. The molecule has 0 bridgehead atoms. The molecular formula is C23H22N4O4. The minimum absolute atomic E-state index is 0.0168. The lowest BCUT2D eigenvalue weighted by molar-refractivity contribution is 0.0792. The molecule has 1 saturated heterocycles. The van der Waals surface area contributed by atoms with Crippen molar-refractivity contribution in [3.8, 4) is 11.5 Å². The van der Waals surface area contributed by atoms with Gasteiger partial charge in [-0.2, -0.15) is 5.10 Å². The molecule has 0 unspecified atom stereocenters. The highest BCUT2D eigenvalue weighted by molar-refractivity contribution is 6.07. The number of furan rings is 1. The highest BCUT2D eigenvalue weighted by Gasteiger charge is 2.22. The SMILES string of the molecule is CNC(=O)c1c(C)oc2cc(Oc3ccnn4cc(C(=O)N5CCCC5)cc34)ccc12. The molecule has 0 atom stereocenters. The molecule has 31 heavy (non-hydrogen) atoms. The number of carbonyl (C=O) groups excluding carboxylic acids is 2. The number of nitrogens with one attached hydrogen (secondary N) is 1. The predicted molar refractivity (Wildman–Crippen MR) is 115 cm³/mol. The van der Waals surface area contributed by atoms with E-state index in [2.05, 4.69) is 10.4 Å². The van der Waals surface area contributed by atoms with E-state index in [0.29, 0.717) is 39.5 Å². The Morgan fingerprint density at radius 1 is 1.16 bits per heavy atom. The van der Waals surface area contributed by atoms with Gasteiger partial charge in [-0.3, -0.25) is 9.59 Å². The summed E-state index contributed by atoms with van der Waals surface area (Å²) >= 11 is 0. The number of fused-ring (bicyclic) bond motifs is 2. The third-order valence-corrected chi connectivity index (χ3v) is 5.63. The fourth-order valence-electron chi connectivity index (χ4n) is 4.09. The summed E-state index contributed by atoms with van der Waals surface area (Å²) in [4.78, 5) is 26.8. The van der Waals surface area contributed by atoms with Crippen LogP contribution in [0.3, 0.4) is 0 Å². The van der Waals surface area contributed by atoms with Crippen LogP contribution in [0.15, 0.2) is 47.1 Å². The van der Waals surface area contributed by atoms with Gasteiger partial charge < -0.3 is 19.4 Å². The van der Waals surface area contributed by atoms with E-state index in [1.807, 2.05) is 17.0 Å². The largest absolute Gasteiger partial charge is 0.460 e. The summed E-state index contributed by atoms with van der Waals surface area (Å²) in [5, 5.41) is 7.67. The number of amides is 2. The van der Waals surface area contributed by atoms with Gasteiger partial charge in [0.1, 0.15) is 22.6 Å². The van der Waals surface area contributed by atoms with E-state index in [-0.39, 0.29) is 11.8 Å². The van der Waals surface area contributed by atoms with Crippen molar-refractivity contribution < 1.29 is 18.7 Å². The van der Waals surface area contributed by atoms with Gasteiger partial charge in [0, 0.05) is 43.9 Å². The number of aromatic nitrogens is 2. The standard InChI is InChI=1S/C23H22N4O4/c1-14-21(22(28)24-2)17-6-5-16(12-20(17)30-14)31-19-7-8-25-27-13-15(11-18(19)27)23(29)26-9-3-4-10-26/h5-8,11-13H,3-4,9-10H2,1-2H3,(H,24,28). The van der Waals surface area contributed by atoms with Crippen molar-refractivity contribution >= 4 is 28.3 Å². The summed E-state index contributed by atoms with van der Waals surface area (Å²) in [6.45, 7) is 3.35. The van der Waals surface area contributed by atoms with Gasteiger partial charge in [0.05, 0.1) is 17.3 Å². The number of likely N-dealkylation sites (tertiary alicyclic amines) is 1. The topological polar surface area (TPSA) is 89.1 Å². The maximum atomic E-state index is 12.7. The smallest absolute Gasteiger partial charge is 0.255 e. The Balaban J connectivity index is 1.48.